The summed E-state index contributed by atoms with van der Waals surface area (Å²) in [6.45, 7) is 7.27. The maximum atomic E-state index is 5.53. The molecule has 1 aromatic carbocycles. The van der Waals surface area contributed by atoms with E-state index >= 15 is 0 Å². The second kappa shape index (κ2) is 8.54. The monoisotopic (exact) mass is 348 g/mol. The molecule has 1 heterocycles. The fourth-order valence-electron chi connectivity index (χ4n) is 2.11. The molecule has 0 aliphatic heterocycles. The zero-order chi connectivity index (χ0) is 17.5. The molecule has 0 atom stereocenters. The van der Waals surface area contributed by atoms with Crippen LogP contribution in [0, 0.1) is 13.8 Å². The standard InChI is InChI=1S/C17H24N4O2S/c1-6-23-14-8-7-13(9-15(14)22-5)21-17(18-4)19-10-16-20-11(2)12(3)24-16/h7-9H,6,10H2,1-5H3,(H2,18,19,21). The van der Waals surface area contributed by atoms with E-state index < -0.39 is 0 Å². The van der Waals surface area contributed by atoms with Crippen molar-refractivity contribution in [3.63, 3.8) is 0 Å². The Morgan fingerprint density at radius 2 is 2.08 bits per heavy atom. The molecule has 0 aliphatic rings. The van der Waals surface area contributed by atoms with Gasteiger partial charge in [0.15, 0.2) is 17.5 Å². The Balaban J connectivity index is 2.02. The third-order valence-electron chi connectivity index (χ3n) is 3.43. The van der Waals surface area contributed by atoms with Crippen LogP contribution in [-0.2, 0) is 6.54 Å². The van der Waals surface area contributed by atoms with Crippen molar-refractivity contribution in [1.82, 2.24) is 10.3 Å². The fourth-order valence-corrected chi connectivity index (χ4v) is 2.98. The van der Waals surface area contributed by atoms with Gasteiger partial charge in [0.05, 0.1) is 26.0 Å². The molecule has 6 nitrogen and oxygen atoms in total. The van der Waals surface area contributed by atoms with E-state index in [9.17, 15) is 0 Å². The van der Waals surface area contributed by atoms with E-state index in [0.29, 0.717) is 24.9 Å². The van der Waals surface area contributed by atoms with Crippen LogP contribution in [0.5, 0.6) is 11.5 Å². The lowest BCUT2D eigenvalue weighted by atomic mass is 10.2. The zero-order valence-corrected chi connectivity index (χ0v) is 15.6. The maximum Gasteiger partial charge on any atom is 0.195 e. The van der Waals surface area contributed by atoms with Crippen molar-refractivity contribution in [2.45, 2.75) is 27.3 Å². The van der Waals surface area contributed by atoms with Crippen LogP contribution < -0.4 is 20.1 Å². The summed E-state index contributed by atoms with van der Waals surface area (Å²) in [6.07, 6.45) is 0. The second-order valence-electron chi connectivity index (χ2n) is 5.10. The van der Waals surface area contributed by atoms with Crippen LogP contribution >= 0.6 is 11.3 Å². The molecule has 0 unspecified atom stereocenters. The first-order chi connectivity index (χ1) is 11.6. The largest absolute Gasteiger partial charge is 0.493 e. The Bertz CT molecular complexity index is 693. The Morgan fingerprint density at radius 1 is 1.29 bits per heavy atom. The van der Waals surface area contributed by atoms with Crippen molar-refractivity contribution < 1.29 is 9.47 Å². The number of hydrogen-bond donors (Lipinski definition) is 2. The number of aryl methyl sites for hydroxylation is 2. The Morgan fingerprint density at radius 3 is 2.67 bits per heavy atom. The molecule has 0 fully saturated rings. The first kappa shape index (κ1) is 18.1. The molecule has 0 bridgehead atoms. The Hall–Kier alpha value is -2.28. The summed E-state index contributed by atoms with van der Waals surface area (Å²) in [5.41, 5.74) is 1.95. The van der Waals surface area contributed by atoms with Crippen LogP contribution in [-0.4, -0.2) is 31.7 Å². The second-order valence-corrected chi connectivity index (χ2v) is 6.39. The van der Waals surface area contributed by atoms with Gasteiger partial charge in [-0.25, -0.2) is 4.98 Å². The maximum absolute atomic E-state index is 5.53. The van der Waals surface area contributed by atoms with Crippen molar-refractivity contribution >= 4 is 23.0 Å². The molecule has 24 heavy (non-hydrogen) atoms. The van der Waals surface area contributed by atoms with E-state index in [-0.39, 0.29) is 0 Å². The van der Waals surface area contributed by atoms with Gasteiger partial charge in [-0.15, -0.1) is 11.3 Å². The molecule has 2 N–H and O–H groups in total. The number of aromatic nitrogens is 1. The number of hydrogen-bond acceptors (Lipinski definition) is 5. The molecular weight excluding hydrogens is 324 g/mol. The quantitative estimate of drug-likeness (QED) is 0.619. The highest BCUT2D eigenvalue weighted by Crippen LogP contribution is 2.30. The summed E-state index contributed by atoms with van der Waals surface area (Å²) < 4.78 is 10.9. The molecule has 2 rings (SSSR count). The number of nitrogens with zero attached hydrogens (tertiary/aromatic N) is 2. The van der Waals surface area contributed by atoms with Gasteiger partial charge in [0.25, 0.3) is 0 Å². The average Bonchev–Trinajstić information content (AvgIpc) is 2.91. The third-order valence-corrected chi connectivity index (χ3v) is 4.50. The van der Waals surface area contributed by atoms with Crippen molar-refractivity contribution in [3.05, 3.63) is 33.8 Å². The average molecular weight is 348 g/mol. The predicted octanol–water partition coefficient (Wildman–Crippen LogP) is 3.35. The summed E-state index contributed by atoms with van der Waals surface area (Å²) in [4.78, 5) is 10.0. The molecule has 0 radical (unpaired) electrons. The van der Waals surface area contributed by atoms with Gasteiger partial charge in [0.2, 0.25) is 0 Å². The van der Waals surface area contributed by atoms with Gasteiger partial charge < -0.3 is 20.1 Å². The van der Waals surface area contributed by atoms with Gasteiger partial charge in [-0.05, 0) is 32.9 Å². The molecular formula is C17H24N4O2S. The molecule has 0 spiro atoms. The van der Waals surface area contributed by atoms with E-state index in [4.69, 9.17) is 9.47 Å². The number of thiazole rings is 1. The van der Waals surface area contributed by atoms with E-state index in [0.717, 1.165) is 22.1 Å². The Labute approximate surface area is 146 Å². The number of benzene rings is 1. The molecule has 0 aliphatic carbocycles. The van der Waals surface area contributed by atoms with Gasteiger partial charge in [0, 0.05) is 23.7 Å². The van der Waals surface area contributed by atoms with Crippen molar-refractivity contribution in [3.8, 4) is 11.5 Å². The Kier molecular flexibility index (Phi) is 6.43. The molecule has 1 aromatic heterocycles. The highest BCUT2D eigenvalue weighted by Gasteiger charge is 2.08. The van der Waals surface area contributed by atoms with E-state index in [2.05, 4.69) is 27.5 Å². The van der Waals surface area contributed by atoms with Crippen LogP contribution in [0.2, 0.25) is 0 Å². The first-order valence-electron chi connectivity index (χ1n) is 7.78. The van der Waals surface area contributed by atoms with Crippen molar-refractivity contribution in [1.29, 1.82) is 0 Å². The van der Waals surface area contributed by atoms with Crippen LogP contribution in [0.15, 0.2) is 23.2 Å². The lowest BCUT2D eigenvalue weighted by Gasteiger charge is -2.14. The molecule has 0 saturated carbocycles. The van der Waals surface area contributed by atoms with Gasteiger partial charge in [-0.1, -0.05) is 0 Å². The predicted molar refractivity (Wildman–Crippen MR) is 99.6 cm³/mol. The first-order valence-corrected chi connectivity index (χ1v) is 8.60. The zero-order valence-electron chi connectivity index (χ0n) is 14.8. The normalized spacial score (nSPS) is 11.3. The minimum Gasteiger partial charge on any atom is -0.493 e. The molecule has 130 valence electrons. The van der Waals surface area contributed by atoms with Gasteiger partial charge >= 0.3 is 0 Å². The number of nitrogens with one attached hydrogen (secondary N) is 2. The minimum atomic E-state index is 0.596. The highest BCUT2D eigenvalue weighted by molar-refractivity contribution is 7.11. The molecule has 0 amide bonds. The summed E-state index contributed by atoms with van der Waals surface area (Å²) in [5.74, 6) is 2.08. The van der Waals surface area contributed by atoms with Crippen LogP contribution in [0.25, 0.3) is 0 Å². The summed E-state index contributed by atoms with van der Waals surface area (Å²) in [6, 6.07) is 5.69. The van der Waals surface area contributed by atoms with Crippen molar-refractivity contribution in [2.75, 3.05) is 26.1 Å². The molecule has 7 heteroatoms. The minimum absolute atomic E-state index is 0.596. The van der Waals surface area contributed by atoms with E-state index in [1.165, 1.54) is 4.88 Å². The summed E-state index contributed by atoms with van der Waals surface area (Å²) in [5, 5.41) is 7.55. The number of ether oxygens (including phenoxy) is 2. The van der Waals surface area contributed by atoms with E-state index in [1.54, 1.807) is 25.5 Å². The number of guanidine groups is 1. The summed E-state index contributed by atoms with van der Waals surface area (Å²) in [7, 11) is 3.36. The SMILES string of the molecule is CCOc1ccc(NC(=NC)NCc2nc(C)c(C)s2)cc1OC. The fraction of sp³-hybridized carbons (Fsp3) is 0.412. The van der Waals surface area contributed by atoms with E-state index in [1.807, 2.05) is 32.0 Å². The molecule has 0 saturated heterocycles. The topological polar surface area (TPSA) is 67.8 Å². The lowest BCUT2D eigenvalue weighted by molar-refractivity contribution is 0.311. The lowest BCUT2D eigenvalue weighted by Crippen LogP contribution is -2.30. The van der Waals surface area contributed by atoms with Gasteiger partial charge in [-0.2, -0.15) is 0 Å². The summed E-state index contributed by atoms with van der Waals surface area (Å²) >= 11 is 1.69. The number of aliphatic imine (C=N–C) groups is 1. The van der Waals surface area contributed by atoms with Crippen LogP contribution in [0.4, 0.5) is 5.69 Å². The highest BCUT2D eigenvalue weighted by atomic mass is 32.1. The van der Waals surface area contributed by atoms with Crippen molar-refractivity contribution in [2.24, 2.45) is 4.99 Å². The van der Waals surface area contributed by atoms with Gasteiger partial charge in [0.1, 0.15) is 5.01 Å². The van der Waals surface area contributed by atoms with Crippen LogP contribution in [0.1, 0.15) is 22.5 Å². The number of rotatable bonds is 6. The number of methoxy groups -OCH3 is 1. The molecule has 2 aromatic rings. The van der Waals surface area contributed by atoms with Crippen LogP contribution in [0.3, 0.4) is 0 Å². The smallest absolute Gasteiger partial charge is 0.195 e. The van der Waals surface area contributed by atoms with Gasteiger partial charge in [-0.3, -0.25) is 4.99 Å². The third kappa shape index (κ3) is 4.61. The number of anilines is 1.